The van der Waals surface area contributed by atoms with Crippen molar-refractivity contribution in [2.75, 3.05) is 31.3 Å². The smallest absolute Gasteiger partial charge is 0.242 e. The topological polar surface area (TPSA) is 52.7 Å². The van der Waals surface area contributed by atoms with Crippen LogP contribution in [0, 0.1) is 0 Å². The van der Waals surface area contributed by atoms with Crippen molar-refractivity contribution >= 4 is 23.6 Å². The van der Waals surface area contributed by atoms with E-state index in [1.54, 1.807) is 16.7 Å². The molecule has 0 aromatic heterocycles. The van der Waals surface area contributed by atoms with Gasteiger partial charge in [-0.1, -0.05) is 0 Å². The molecule has 3 aliphatic heterocycles. The van der Waals surface area contributed by atoms with Crippen LogP contribution in [0.1, 0.15) is 19.3 Å². The summed E-state index contributed by atoms with van der Waals surface area (Å²) in [6, 6.07) is 1.06. The number of amides is 2. The molecule has 18 heavy (non-hydrogen) atoms. The number of fused-ring (bicyclic) bond motifs is 2. The number of carbonyl (C=O) groups excluding carboxylic acids is 2. The van der Waals surface area contributed by atoms with Gasteiger partial charge >= 0.3 is 0 Å². The van der Waals surface area contributed by atoms with Gasteiger partial charge in [0.25, 0.3) is 0 Å². The molecule has 3 rings (SSSR count). The molecule has 0 spiro atoms. The van der Waals surface area contributed by atoms with Crippen molar-refractivity contribution in [3.8, 4) is 0 Å². The minimum absolute atomic E-state index is 0.0998. The van der Waals surface area contributed by atoms with Gasteiger partial charge in [0.2, 0.25) is 11.8 Å². The Hall–Kier alpha value is -0.750. The molecule has 2 amide bonds. The maximum atomic E-state index is 12.2. The molecule has 0 saturated carbocycles. The molecule has 3 saturated heterocycles. The number of hydrogen-bond donors (Lipinski definition) is 1. The highest BCUT2D eigenvalue weighted by molar-refractivity contribution is 8.00. The van der Waals surface area contributed by atoms with E-state index in [-0.39, 0.29) is 18.4 Å². The van der Waals surface area contributed by atoms with Crippen LogP contribution in [0.3, 0.4) is 0 Å². The molecule has 0 radical (unpaired) electrons. The summed E-state index contributed by atoms with van der Waals surface area (Å²) in [6.07, 6.45) is 3.46. The Morgan fingerprint density at radius 3 is 2.94 bits per heavy atom. The summed E-state index contributed by atoms with van der Waals surface area (Å²) in [5.41, 5.74) is 0. The molecule has 0 aromatic rings. The minimum atomic E-state index is 0.0998. The monoisotopic (exact) mass is 269 g/mol. The fraction of sp³-hybridized carbons (Fsp3) is 0.833. The average Bonchev–Trinajstić information content (AvgIpc) is 2.86. The van der Waals surface area contributed by atoms with Crippen LogP contribution in [0.25, 0.3) is 0 Å². The maximum Gasteiger partial charge on any atom is 0.242 e. The SMILES string of the molecule is O=C1CSCN1CC(=O)N1CCC2CCC(C1)N2. The largest absolute Gasteiger partial charge is 0.340 e. The van der Waals surface area contributed by atoms with Crippen molar-refractivity contribution in [2.24, 2.45) is 0 Å². The van der Waals surface area contributed by atoms with Crippen LogP contribution in [0.5, 0.6) is 0 Å². The molecule has 1 N–H and O–H groups in total. The normalized spacial score (nSPS) is 31.9. The van der Waals surface area contributed by atoms with Crippen molar-refractivity contribution in [3.63, 3.8) is 0 Å². The number of nitrogens with one attached hydrogen (secondary N) is 1. The highest BCUT2D eigenvalue weighted by atomic mass is 32.2. The van der Waals surface area contributed by atoms with Gasteiger partial charge in [-0.15, -0.1) is 11.8 Å². The fourth-order valence-corrected chi connectivity index (χ4v) is 3.88. The minimum Gasteiger partial charge on any atom is -0.340 e. The lowest BCUT2D eigenvalue weighted by Gasteiger charge is -2.26. The van der Waals surface area contributed by atoms with Crippen LogP contribution in [-0.4, -0.2) is 65.0 Å². The second kappa shape index (κ2) is 5.09. The second-order valence-corrected chi connectivity index (χ2v) is 6.29. The predicted octanol–water partition coefficient (Wildman–Crippen LogP) is -0.128. The van der Waals surface area contributed by atoms with E-state index in [0.29, 0.717) is 23.7 Å². The van der Waals surface area contributed by atoms with E-state index in [2.05, 4.69) is 5.32 Å². The van der Waals surface area contributed by atoms with Crippen LogP contribution >= 0.6 is 11.8 Å². The molecule has 3 fully saturated rings. The van der Waals surface area contributed by atoms with Crippen molar-refractivity contribution in [2.45, 2.75) is 31.3 Å². The van der Waals surface area contributed by atoms with Gasteiger partial charge in [-0.25, -0.2) is 0 Å². The van der Waals surface area contributed by atoms with Gasteiger partial charge in [-0.2, -0.15) is 0 Å². The van der Waals surface area contributed by atoms with Crippen LogP contribution < -0.4 is 5.32 Å². The summed E-state index contributed by atoms with van der Waals surface area (Å²) < 4.78 is 0. The van der Waals surface area contributed by atoms with Crippen molar-refractivity contribution < 1.29 is 9.59 Å². The Kier molecular flexibility index (Phi) is 3.48. The average molecular weight is 269 g/mol. The Bertz CT molecular complexity index is 363. The Balaban J connectivity index is 1.57. The Morgan fingerprint density at radius 1 is 1.33 bits per heavy atom. The molecular formula is C12H19N3O2S. The first-order chi connectivity index (χ1) is 8.72. The van der Waals surface area contributed by atoms with Crippen LogP contribution in [0.15, 0.2) is 0 Å². The fourth-order valence-electron chi connectivity index (χ4n) is 2.97. The second-order valence-electron chi connectivity index (χ2n) is 5.34. The summed E-state index contributed by atoms with van der Waals surface area (Å²) >= 11 is 1.59. The van der Waals surface area contributed by atoms with Crippen molar-refractivity contribution in [1.82, 2.24) is 15.1 Å². The van der Waals surface area contributed by atoms with E-state index in [4.69, 9.17) is 0 Å². The third-order valence-corrected chi connectivity index (χ3v) is 4.97. The zero-order chi connectivity index (χ0) is 12.5. The van der Waals surface area contributed by atoms with Gasteiger partial charge in [0, 0.05) is 25.2 Å². The van der Waals surface area contributed by atoms with E-state index >= 15 is 0 Å². The molecule has 3 aliphatic rings. The molecule has 2 unspecified atom stereocenters. The predicted molar refractivity (Wildman–Crippen MR) is 70.2 cm³/mol. The standard InChI is InChI=1S/C12H19N3O2S/c16-11(6-15-8-18-7-12(15)17)14-4-3-9-1-2-10(5-14)13-9/h9-10,13H,1-8H2. The third-order valence-electron chi connectivity index (χ3n) is 4.03. The maximum absolute atomic E-state index is 12.2. The summed E-state index contributed by atoms with van der Waals surface area (Å²) in [7, 11) is 0. The summed E-state index contributed by atoms with van der Waals surface area (Å²) in [4.78, 5) is 27.3. The number of carbonyl (C=O) groups is 2. The molecule has 5 nitrogen and oxygen atoms in total. The first-order valence-electron chi connectivity index (χ1n) is 6.62. The summed E-state index contributed by atoms with van der Waals surface area (Å²) in [5.74, 6) is 1.41. The van der Waals surface area contributed by atoms with Gasteiger partial charge in [-0.3, -0.25) is 9.59 Å². The lowest BCUT2D eigenvalue weighted by Crippen LogP contribution is -2.44. The van der Waals surface area contributed by atoms with Crippen molar-refractivity contribution in [1.29, 1.82) is 0 Å². The number of hydrogen-bond acceptors (Lipinski definition) is 4. The molecule has 2 bridgehead atoms. The third kappa shape index (κ3) is 2.49. The van der Waals surface area contributed by atoms with Gasteiger partial charge in [-0.05, 0) is 19.3 Å². The number of thioether (sulfide) groups is 1. The van der Waals surface area contributed by atoms with Crippen molar-refractivity contribution in [3.05, 3.63) is 0 Å². The Labute approximate surface area is 111 Å². The Morgan fingerprint density at radius 2 is 2.17 bits per heavy atom. The number of likely N-dealkylation sites (tertiary alicyclic amines) is 1. The summed E-state index contributed by atoms with van der Waals surface area (Å²) in [6.45, 7) is 1.91. The van der Waals surface area contributed by atoms with E-state index < -0.39 is 0 Å². The quantitative estimate of drug-likeness (QED) is 0.759. The molecule has 6 heteroatoms. The van der Waals surface area contributed by atoms with E-state index in [9.17, 15) is 9.59 Å². The van der Waals surface area contributed by atoms with Crippen LogP contribution in [-0.2, 0) is 9.59 Å². The number of nitrogens with zero attached hydrogens (tertiary/aromatic N) is 2. The van der Waals surface area contributed by atoms with E-state index in [1.165, 1.54) is 12.8 Å². The highest BCUT2D eigenvalue weighted by Gasteiger charge is 2.32. The van der Waals surface area contributed by atoms with E-state index in [1.807, 2.05) is 4.90 Å². The van der Waals surface area contributed by atoms with Gasteiger partial charge in [0.05, 0.1) is 11.6 Å². The zero-order valence-electron chi connectivity index (χ0n) is 10.4. The lowest BCUT2D eigenvalue weighted by atomic mass is 10.1. The molecule has 2 atom stereocenters. The molecular weight excluding hydrogens is 250 g/mol. The van der Waals surface area contributed by atoms with Crippen LogP contribution in [0.2, 0.25) is 0 Å². The highest BCUT2D eigenvalue weighted by Crippen LogP contribution is 2.21. The molecule has 0 aromatic carbocycles. The number of rotatable bonds is 2. The van der Waals surface area contributed by atoms with Gasteiger partial charge in [0.1, 0.15) is 6.54 Å². The lowest BCUT2D eigenvalue weighted by molar-refractivity contribution is -0.138. The van der Waals surface area contributed by atoms with Gasteiger partial charge < -0.3 is 15.1 Å². The molecule has 100 valence electrons. The zero-order valence-corrected chi connectivity index (χ0v) is 11.2. The van der Waals surface area contributed by atoms with Gasteiger partial charge in [0.15, 0.2) is 0 Å². The first-order valence-corrected chi connectivity index (χ1v) is 7.77. The molecule has 0 aliphatic carbocycles. The molecule has 3 heterocycles. The van der Waals surface area contributed by atoms with Crippen LogP contribution in [0.4, 0.5) is 0 Å². The summed E-state index contributed by atoms with van der Waals surface area (Å²) in [5, 5.41) is 3.56. The van der Waals surface area contributed by atoms with E-state index in [0.717, 1.165) is 19.5 Å². The first kappa shape index (κ1) is 12.3.